The predicted molar refractivity (Wildman–Crippen MR) is 85.3 cm³/mol. The lowest BCUT2D eigenvalue weighted by Gasteiger charge is -2.12. The standard InChI is InChI=1S/C15H15BrN2O5/c1-21-12-6-9(10(16)8-13(12)22-2)7-14(19)17-18-15(20)11-4-3-5-23-11/h3-6,8H,7H2,1-2H3,(H,17,19)(H,18,20). The number of hydrogen-bond acceptors (Lipinski definition) is 5. The molecule has 1 heterocycles. The Balaban J connectivity index is 1.98. The molecule has 0 saturated carbocycles. The average molecular weight is 383 g/mol. The maximum absolute atomic E-state index is 11.9. The van der Waals surface area contributed by atoms with Crippen molar-refractivity contribution in [2.75, 3.05) is 14.2 Å². The molecule has 0 spiro atoms. The van der Waals surface area contributed by atoms with Crippen molar-refractivity contribution < 1.29 is 23.5 Å². The Kier molecular flexibility index (Phi) is 5.64. The highest BCUT2D eigenvalue weighted by atomic mass is 79.9. The lowest BCUT2D eigenvalue weighted by Crippen LogP contribution is -2.42. The zero-order valence-corrected chi connectivity index (χ0v) is 14.1. The number of nitrogens with one attached hydrogen (secondary N) is 2. The fourth-order valence-electron chi connectivity index (χ4n) is 1.84. The Morgan fingerprint density at radius 2 is 1.87 bits per heavy atom. The van der Waals surface area contributed by atoms with Gasteiger partial charge in [0.1, 0.15) is 0 Å². The second-order valence-electron chi connectivity index (χ2n) is 4.45. The van der Waals surface area contributed by atoms with E-state index in [1.54, 1.807) is 18.2 Å². The zero-order valence-electron chi connectivity index (χ0n) is 12.5. The highest BCUT2D eigenvalue weighted by Crippen LogP contribution is 2.33. The van der Waals surface area contributed by atoms with E-state index in [1.165, 1.54) is 26.5 Å². The summed E-state index contributed by atoms with van der Waals surface area (Å²) in [5.74, 6) is 0.248. The van der Waals surface area contributed by atoms with E-state index < -0.39 is 11.8 Å². The molecule has 0 unspecified atom stereocenters. The van der Waals surface area contributed by atoms with E-state index in [2.05, 4.69) is 26.8 Å². The normalized spacial score (nSPS) is 10.0. The third kappa shape index (κ3) is 4.26. The van der Waals surface area contributed by atoms with E-state index in [0.29, 0.717) is 21.5 Å². The van der Waals surface area contributed by atoms with Crippen molar-refractivity contribution in [3.05, 3.63) is 46.3 Å². The van der Waals surface area contributed by atoms with Crippen LogP contribution in [0.4, 0.5) is 0 Å². The predicted octanol–water partition coefficient (Wildman–Crippen LogP) is 2.06. The molecule has 8 heteroatoms. The number of rotatable bonds is 5. The average Bonchev–Trinajstić information content (AvgIpc) is 3.08. The lowest BCUT2D eigenvalue weighted by atomic mass is 10.1. The molecule has 2 amide bonds. The van der Waals surface area contributed by atoms with Gasteiger partial charge in [-0.1, -0.05) is 15.9 Å². The topological polar surface area (TPSA) is 89.8 Å². The summed E-state index contributed by atoms with van der Waals surface area (Å²) < 4.78 is 16.0. The molecule has 0 atom stereocenters. The SMILES string of the molecule is COc1cc(Br)c(CC(=O)NNC(=O)c2ccco2)cc1OC. The summed E-state index contributed by atoms with van der Waals surface area (Å²) >= 11 is 3.37. The number of furan rings is 1. The van der Waals surface area contributed by atoms with Gasteiger partial charge in [0.2, 0.25) is 5.91 Å². The summed E-state index contributed by atoms with van der Waals surface area (Å²) in [5, 5.41) is 0. The zero-order chi connectivity index (χ0) is 16.8. The Hall–Kier alpha value is -2.48. The van der Waals surface area contributed by atoms with Gasteiger partial charge in [-0.3, -0.25) is 20.4 Å². The second-order valence-corrected chi connectivity index (χ2v) is 5.31. The molecule has 7 nitrogen and oxygen atoms in total. The highest BCUT2D eigenvalue weighted by Gasteiger charge is 2.14. The van der Waals surface area contributed by atoms with Crippen molar-refractivity contribution in [3.63, 3.8) is 0 Å². The van der Waals surface area contributed by atoms with Crippen LogP contribution in [0.2, 0.25) is 0 Å². The minimum Gasteiger partial charge on any atom is -0.493 e. The molecule has 1 aromatic carbocycles. The molecule has 2 aromatic rings. The number of carbonyl (C=O) groups excluding carboxylic acids is 2. The number of hydrogen-bond donors (Lipinski definition) is 2. The molecule has 2 N–H and O–H groups in total. The number of amides is 2. The van der Waals surface area contributed by atoms with Gasteiger partial charge in [-0.05, 0) is 29.8 Å². The van der Waals surface area contributed by atoms with Gasteiger partial charge >= 0.3 is 5.91 Å². The monoisotopic (exact) mass is 382 g/mol. The summed E-state index contributed by atoms with van der Waals surface area (Å²) in [6.07, 6.45) is 1.41. The lowest BCUT2D eigenvalue weighted by molar-refractivity contribution is -0.121. The summed E-state index contributed by atoms with van der Waals surface area (Å²) in [4.78, 5) is 23.6. The van der Waals surface area contributed by atoms with Gasteiger partial charge in [-0.15, -0.1) is 0 Å². The molecular formula is C15H15BrN2O5. The molecule has 0 aliphatic carbocycles. The molecule has 0 aliphatic rings. The van der Waals surface area contributed by atoms with Crippen LogP contribution >= 0.6 is 15.9 Å². The van der Waals surface area contributed by atoms with Gasteiger partial charge in [0.05, 0.1) is 26.9 Å². The maximum atomic E-state index is 11.9. The first-order chi connectivity index (χ1) is 11.0. The van der Waals surface area contributed by atoms with Crippen molar-refractivity contribution in [2.24, 2.45) is 0 Å². The van der Waals surface area contributed by atoms with E-state index >= 15 is 0 Å². The third-order valence-corrected chi connectivity index (χ3v) is 3.70. The van der Waals surface area contributed by atoms with E-state index in [1.807, 2.05) is 0 Å². The van der Waals surface area contributed by atoms with Crippen molar-refractivity contribution >= 4 is 27.7 Å². The van der Waals surface area contributed by atoms with Crippen LogP contribution in [0.25, 0.3) is 0 Å². The molecule has 0 aliphatic heterocycles. The van der Waals surface area contributed by atoms with Gasteiger partial charge < -0.3 is 13.9 Å². The highest BCUT2D eigenvalue weighted by molar-refractivity contribution is 9.10. The molecule has 0 fully saturated rings. The van der Waals surface area contributed by atoms with E-state index in [4.69, 9.17) is 13.9 Å². The quantitative estimate of drug-likeness (QED) is 0.772. The molecule has 2 rings (SSSR count). The fraction of sp³-hybridized carbons (Fsp3) is 0.200. The van der Waals surface area contributed by atoms with Crippen LogP contribution in [-0.4, -0.2) is 26.0 Å². The van der Waals surface area contributed by atoms with Crippen LogP contribution in [0.1, 0.15) is 16.1 Å². The molecule has 122 valence electrons. The number of ether oxygens (including phenoxy) is 2. The van der Waals surface area contributed by atoms with Crippen molar-refractivity contribution in [3.8, 4) is 11.5 Å². The van der Waals surface area contributed by atoms with Crippen LogP contribution in [-0.2, 0) is 11.2 Å². The Morgan fingerprint density at radius 1 is 1.17 bits per heavy atom. The fourth-order valence-corrected chi connectivity index (χ4v) is 2.31. The molecule has 0 saturated heterocycles. The van der Waals surface area contributed by atoms with Crippen LogP contribution in [0, 0.1) is 0 Å². The van der Waals surface area contributed by atoms with Gasteiger partial charge in [-0.2, -0.15) is 0 Å². The maximum Gasteiger partial charge on any atom is 0.305 e. The van der Waals surface area contributed by atoms with Gasteiger partial charge in [-0.25, -0.2) is 0 Å². The number of carbonyl (C=O) groups is 2. The third-order valence-electron chi connectivity index (χ3n) is 2.96. The van der Waals surface area contributed by atoms with Crippen molar-refractivity contribution in [1.82, 2.24) is 10.9 Å². The molecule has 0 radical (unpaired) electrons. The minimum atomic E-state index is -0.533. The van der Waals surface area contributed by atoms with Gasteiger partial charge in [0.25, 0.3) is 0 Å². The summed E-state index contributed by atoms with van der Waals surface area (Å²) in [6.45, 7) is 0. The van der Waals surface area contributed by atoms with Crippen LogP contribution in [0.3, 0.4) is 0 Å². The Labute approximate surface area is 141 Å². The van der Waals surface area contributed by atoms with Gasteiger partial charge in [0.15, 0.2) is 17.3 Å². The van der Waals surface area contributed by atoms with Crippen molar-refractivity contribution in [2.45, 2.75) is 6.42 Å². The van der Waals surface area contributed by atoms with Crippen LogP contribution < -0.4 is 20.3 Å². The summed E-state index contributed by atoms with van der Waals surface area (Å²) in [5.41, 5.74) is 5.28. The smallest absolute Gasteiger partial charge is 0.305 e. The first kappa shape index (κ1) is 16.9. The van der Waals surface area contributed by atoms with E-state index in [0.717, 1.165) is 0 Å². The number of halogens is 1. The van der Waals surface area contributed by atoms with Crippen molar-refractivity contribution in [1.29, 1.82) is 0 Å². The minimum absolute atomic E-state index is 0.0410. The van der Waals surface area contributed by atoms with E-state index in [-0.39, 0.29) is 12.2 Å². The molecular weight excluding hydrogens is 368 g/mol. The van der Waals surface area contributed by atoms with E-state index in [9.17, 15) is 9.59 Å². The van der Waals surface area contributed by atoms with Gasteiger partial charge in [0, 0.05) is 4.47 Å². The Bertz CT molecular complexity index is 700. The second kappa shape index (κ2) is 7.68. The summed E-state index contributed by atoms with van der Waals surface area (Å²) in [6, 6.07) is 6.48. The number of methoxy groups -OCH3 is 2. The first-order valence-corrected chi connectivity index (χ1v) is 7.37. The summed E-state index contributed by atoms with van der Waals surface area (Å²) in [7, 11) is 3.04. The number of hydrazine groups is 1. The Morgan fingerprint density at radius 3 is 2.48 bits per heavy atom. The molecule has 1 aromatic heterocycles. The van der Waals surface area contributed by atoms with Crippen LogP contribution in [0.5, 0.6) is 11.5 Å². The first-order valence-electron chi connectivity index (χ1n) is 6.58. The number of benzene rings is 1. The molecule has 0 bridgehead atoms. The largest absolute Gasteiger partial charge is 0.493 e. The van der Waals surface area contributed by atoms with Crippen LogP contribution in [0.15, 0.2) is 39.4 Å². The molecule has 23 heavy (non-hydrogen) atoms.